The Balaban J connectivity index is 2.03. The molecule has 21 heavy (non-hydrogen) atoms. The molecule has 0 aliphatic rings. The maximum Gasteiger partial charge on any atom is 0.0966 e. The van der Waals surface area contributed by atoms with Gasteiger partial charge in [0.15, 0.2) is 0 Å². The number of hydrogen-bond acceptors (Lipinski definition) is 3. The third kappa shape index (κ3) is 2.04. The number of halogens is 1. The summed E-state index contributed by atoms with van der Waals surface area (Å²) < 4.78 is 1.81. The van der Waals surface area contributed by atoms with Crippen LogP contribution in [0, 0.1) is 0 Å². The molecule has 0 fully saturated rings. The number of benzene rings is 2. The van der Waals surface area contributed by atoms with Gasteiger partial charge in [-0.05, 0) is 29.8 Å². The Morgan fingerprint density at radius 1 is 1.00 bits per heavy atom. The Labute approximate surface area is 126 Å². The zero-order valence-corrected chi connectivity index (χ0v) is 12.0. The summed E-state index contributed by atoms with van der Waals surface area (Å²) in [4.78, 5) is 8.77. The van der Waals surface area contributed by atoms with Crippen molar-refractivity contribution in [2.45, 2.75) is 0 Å². The lowest BCUT2D eigenvalue weighted by Gasteiger charge is -2.06. The van der Waals surface area contributed by atoms with Crippen LogP contribution < -0.4 is 0 Å². The summed E-state index contributed by atoms with van der Waals surface area (Å²) in [5.41, 5.74) is 4.66. The fraction of sp³-hybridized carbons (Fsp3) is 0.0625. The van der Waals surface area contributed by atoms with E-state index >= 15 is 0 Å². The zero-order valence-electron chi connectivity index (χ0n) is 11.3. The van der Waals surface area contributed by atoms with Gasteiger partial charge in [0, 0.05) is 41.6 Å². The van der Waals surface area contributed by atoms with Gasteiger partial charge in [0.2, 0.25) is 0 Å². The Kier molecular flexibility index (Phi) is 2.65. The summed E-state index contributed by atoms with van der Waals surface area (Å²) in [5.74, 6) is 0. The number of rotatable bonds is 1. The topological polar surface area (TPSA) is 43.6 Å². The van der Waals surface area contributed by atoms with E-state index in [0.717, 1.165) is 33.1 Å². The number of aromatic nitrogens is 4. The summed E-state index contributed by atoms with van der Waals surface area (Å²) in [6.07, 6.45) is 5.37. The highest BCUT2D eigenvalue weighted by Gasteiger charge is 2.09. The van der Waals surface area contributed by atoms with E-state index < -0.39 is 0 Å². The fourth-order valence-corrected chi connectivity index (χ4v) is 2.79. The molecule has 102 valence electrons. The van der Waals surface area contributed by atoms with Gasteiger partial charge in [-0.2, -0.15) is 5.10 Å². The highest BCUT2D eigenvalue weighted by molar-refractivity contribution is 6.31. The largest absolute Gasteiger partial charge is 0.275 e. The molecular weight excluding hydrogens is 284 g/mol. The van der Waals surface area contributed by atoms with Crippen LogP contribution >= 0.6 is 11.6 Å². The maximum atomic E-state index is 6.21. The molecule has 4 rings (SSSR count). The average Bonchev–Trinajstić information content (AvgIpc) is 2.85. The molecule has 2 aromatic heterocycles. The molecule has 4 nitrogen and oxygen atoms in total. The predicted octanol–water partition coefficient (Wildman–Crippen LogP) is 3.84. The molecule has 0 saturated carbocycles. The minimum Gasteiger partial charge on any atom is -0.275 e. The lowest BCUT2D eigenvalue weighted by Crippen LogP contribution is -1.87. The molecule has 0 unspecified atom stereocenters. The van der Waals surface area contributed by atoms with Crippen LogP contribution in [0.3, 0.4) is 0 Å². The van der Waals surface area contributed by atoms with Crippen molar-refractivity contribution in [3.63, 3.8) is 0 Å². The molecule has 5 heteroatoms. The van der Waals surface area contributed by atoms with E-state index in [1.807, 2.05) is 42.2 Å². The van der Waals surface area contributed by atoms with Gasteiger partial charge in [-0.15, -0.1) is 0 Å². The standard InChI is InChI=1S/C16H11ClN4/c1-21-9-11-6-10(2-3-14(11)20-21)13-7-12(17)8-15-16(13)19-5-4-18-15/h2-9H,1H3. The first kappa shape index (κ1) is 12.3. The van der Waals surface area contributed by atoms with Gasteiger partial charge in [-0.1, -0.05) is 17.7 Å². The lowest BCUT2D eigenvalue weighted by molar-refractivity contribution is 0.780. The van der Waals surface area contributed by atoms with Gasteiger partial charge in [0.05, 0.1) is 16.6 Å². The molecule has 0 radical (unpaired) electrons. The van der Waals surface area contributed by atoms with Gasteiger partial charge in [-0.3, -0.25) is 14.6 Å². The molecule has 0 aliphatic heterocycles. The van der Waals surface area contributed by atoms with Crippen molar-refractivity contribution in [1.82, 2.24) is 19.7 Å². The third-order valence-corrected chi connectivity index (χ3v) is 3.69. The van der Waals surface area contributed by atoms with Crippen LogP contribution in [0.4, 0.5) is 0 Å². The van der Waals surface area contributed by atoms with Crippen molar-refractivity contribution in [2.75, 3.05) is 0 Å². The van der Waals surface area contributed by atoms with E-state index in [-0.39, 0.29) is 0 Å². The highest BCUT2D eigenvalue weighted by Crippen LogP contribution is 2.31. The van der Waals surface area contributed by atoms with Gasteiger partial charge in [-0.25, -0.2) is 0 Å². The summed E-state index contributed by atoms with van der Waals surface area (Å²) in [5, 5.41) is 6.14. The van der Waals surface area contributed by atoms with E-state index in [4.69, 9.17) is 11.6 Å². The summed E-state index contributed by atoms with van der Waals surface area (Å²) in [6, 6.07) is 9.90. The van der Waals surface area contributed by atoms with Crippen molar-refractivity contribution in [2.24, 2.45) is 7.05 Å². The van der Waals surface area contributed by atoms with Crippen LogP contribution in [-0.4, -0.2) is 19.7 Å². The molecule has 2 heterocycles. The number of hydrogen-bond donors (Lipinski definition) is 0. The van der Waals surface area contributed by atoms with Crippen LogP contribution in [0.25, 0.3) is 33.1 Å². The lowest BCUT2D eigenvalue weighted by atomic mass is 10.0. The quantitative estimate of drug-likeness (QED) is 0.536. The number of aryl methyl sites for hydroxylation is 1. The highest BCUT2D eigenvalue weighted by atomic mass is 35.5. The van der Waals surface area contributed by atoms with Gasteiger partial charge in [0.25, 0.3) is 0 Å². The van der Waals surface area contributed by atoms with E-state index in [2.05, 4.69) is 21.1 Å². The average molecular weight is 295 g/mol. The third-order valence-electron chi connectivity index (χ3n) is 3.47. The molecule has 0 spiro atoms. The Morgan fingerprint density at radius 3 is 2.76 bits per heavy atom. The molecule has 0 aliphatic carbocycles. The first-order chi connectivity index (χ1) is 10.2. The first-order valence-corrected chi connectivity index (χ1v) is 6.92. The SMILES string of the molecule is Cn1cc2cc(-c3cc(Cl)cc4nccnc34)ccc2n1. The van der Waals surface area contributed by atoms with Gasteiger partial charge >= 0.3 is 0 Å². The van der Waals surface area contributed by atoms with Crippen LogP contribution in [-0.2, 0) is 7.05 Å². The molecule has 0 N–H and O–H groups in total. The van der Waals surface area contributed by atoms with Crippen molar-refractivity contribution in [3.05, 3.63) is 53.9 Å². The fourth-order valence-electron chi connectivity index (χ4n) is 2.58. The Morgan fingerprint density at radius 2 is 1.86 bits per heavy atom. The monoisotopic (exact) mass is 294 g/mol. The van der Waals surface area contributed by atoms with Crippen molar-refractivity contribution < 1.29 is 0 Å². The molecule has 0 bridgehead atoms. The number of fused-ring (bicyclic) bond motifs is 2. The molecule has 2 aromatic carbocycles. The van der Waals surface area contributed by atoms with E-state index in [1.54, 1.807) is 12.4 Å². The summed E-state index contributed by atoms with van der Waals surface area (Å²) >= 11 is 6.21. The molecular formula is C16H11ClN4. The molecule has 4 aromatic rings. The minimum atomic E-state index is 0.657. The minimum absolute atomic E-state index is 0.657. The normalized spacial score (nSPS) is 11.3. The second-order valence-electron chi connectivity index (χ2n) is 4.95. The van der Waals surface area contributed by atoms with E-state index in [1.165, 1.54) is 0 Å². The van der Waals surface area contributed by atoms with Crippen LogP contribution in [0.15, 0.2) is 48.9 Å². The first-order valence-electron chi connectivity index (χ1n) is 6.55. The van der Waals surface area contributed by atoms with Crippen molar-refractivity contribution in [3.8, 4) is 11.1 Å². The second kappa shape index (κ2) is 4.53. The zero-order chi connectivity index (χ0) is 14.4. The van der Waals surface area contributed by atoms with Crippen molar-refractivity contribution in [1.29, 1.82) is 0 Å². The smallest absolute Gasteiger partial charge is 0.0966 e. The van der Waals surface area contributed by atoms with Crippen molar-refractivity contribution >= 4 is 33.5 Å². The molecule has 0 saturated heterocycles. The second-order valence-corrected chi connectivity index (χ2v) is 5.39. The number of nitrogens with zero attached hydrogens (tertiary/aromatic N) is 4. The maximum absolute atomic E-state index is 6.21. The van der Waals surface area contributed by atoms with Crippen LogP contribution in [0.2, 0.25) is 5.02 Å². The van der Waals surface area contributed by atoms with Crippen LogP contribution in [0.1, 0.15) is 0 Å². The van der Waals surface area contributed by atoms with Crippen LogP contribution in [0.5, 0.6) is 0 Å². The molecule has 0 amide bonds. The van der Waals surface area contributed by atoms with Gasteiger partial charge < -0.3 is 0 Å². The predicted molar refractivity (Wildman–Crippen MR) is 84.3 cm³/mol. The summed E-state index contributed by atoms with van der Waals surface area (Å²) in [6.45, 7) is 0. The van der Waals surface area contributed by atoms with E-state index in [9.17, 15) is 0 Å². The molecule has 0 atom stereocenters. The van der Waals surface area contributed by atoms with Gasteiger partial charge in [0.1, 0.15) is 0 Å². The summed E-state index contributed by atoms with van der Waals surface area (Å²) in [7, 11) is 1.92. The Bertz CT molecular complexity index is 975. The van der Waals surface area contributed by atoms with E-state index in [0.29, 0.717) is 5.02 Å². The Hall–Kier alpha value is -2.46.